The van der Waals surface area contributed by atoms with Crippen molar-refractivity contribution in [1.82, 2.24) is 14.9 Å². The second-order valence-electron chi connectivity index (χ2n) is 6.65. The highest BCUT2D eigenvalue weighted by Crippen LogP contribution is 2.25. The molecule has 156 valence electrons. The maximum atomic E-state index is 13.2. The zero-order valence-corrected chi connectivity index (χ0v) is 18.7. The van der Waals surface area contributed by atoms with Crippen molar-refractivity contribution in [2.45, 2.75) is 30.3 Å². The van der Waals surface area contributed by atoms with Crippen LogP contribution < -0.4 is 10.9 Å². The Morgan fingerprint density at radius 3 is 2.80 bits per heavy atom. The summed E-state index contributed by atoms with van der Waals surface area (Å²) in [5, 5.41) is 4.48. The van der Waals surface area contributed by atoms with Crippen LogP contribution in [0.4, 0.5) is 0 Å². The number of halogens is 2. The molecule has 0 saturated heterocycles. The van der Waals surface area contributed by atoms with E-state index in [9.17, 15) is 9.59 Å². The molecule has 1 N–H and O–H groups in total. The first kappa shape index (κ1) is 22.4. The Kier molecular flexibility index (Phi) is 7.58. The zero-order chi connectivity index (χ0) is 21.7. The maximum absolute atomic E-state index is 13.2. The van der Waals surface area contributed by atoms with Crippen LogP contribution >= 0.6 is 35.0 Å². The van der Waals surface area contributed by atoms with Crippen molar-refractivity contribution in [1.29, 1.82) is 0 Å². The lowest BCUT2D eigenvalue weighted by Gasteiger charge is -2.16. The van der Waals surface area contributed by atoms with E-state index in [-0.39, 0.29) is 11.5 Å². The van der Waals surface area contributed by atoms with Gasteiger partial charge in [0, 0.05) is 23.1 Å². The summed E-state index contributed by atoms with van der Waals surface area (Å²) in [6, 6.07) is 12.5. The average Bonchev–Trinajstić information content (AvgIpc) is 2.73. The van der Waals surface area contributed by atoms with Gasteiger partial charge in [-0.25, -0.2) is 4.98 Å². The van der Waals surface area contributed by atoms with E-state index in [1.807, 2.05) is 18.2 Å². The molecule has 1 aromatic heterocycles. The Bertz CT molecular complexity index is 1150. The van der Waals surface area contributed by atoms with Gasteiger partial charge in [0.05, 0.1) is 16.2 Å². The monoisotopic (exact) mass is 461 g/mol. The number of aromatic nitrogens is 2. The SMILES string of the molecule is C=CCNC(=O)C(C)Sc1nc2ccccc2c(=O)n1CCc1ccc(Cl)cc1Cl. The van der Waals surface area contributed by atoms with Crippen molar-refractivity contribution in [2.75, 3.05) is 6.54 Å². The number of benzene rings is 2. The van der Waals surface area contributed by atoms with Gasteiger partial charge in [-0.3, -0.25) is 14.2 Å². The van der Waals surface area contributed by atoms with E-state index in [1.54, 1.807) is 41.8 Å². The minimum Gasteiger partial charge on any atom is -0.352 e. The first-order valence-electron chi connectivity index (χ1n) is 9.39. The number of para-hydroxylation sites is 1. The van der Waals surface area contributed by atoms with Crippen LogP contribution in [0.2, 0.25) is 10.0 Å². The van der Waals surface area contributed by atoms with Crippen LogP contribution in [0.15, 0.2) is 65.1 Å². The quantitative estimate of drug-likeness (QED) is 0.299. The van der Waals surface area contributed by atoms with Gasteiger partial charge >= 0.3 is 0 Å². The van der Waals surface area contributed by atoms with E-state index in [2.05, 4.69) is 16.9 Å². The molecule has 1 atom stereocenters. The maximum Gasteiger partial charge on any atom is 0.262 e. The average molecular weight is 462 g/mol. The van der Waals surface area contributed by atoms with Crippen molar-refractivity contribution in [3.63, 3.8) is 0 Å². The normalized spacial score (nSPS) is 12.0. The second kappa shape index (κ2) is 10.2. The molecule has 3 aromatic rings. The summed E-state index contributed by atoms with van der Waals surface area (Å²) >= 11 is 13.5. The molecule has 0 aliphatic carbocycles. The molecule has 0 aliphatic heterocycles. The van der Waals surface area contributed by atoms with Gasteiger partial charge in [-0.15, -0.1) is 6.58 Å². The third kappa shape index (κ3) is 5.25. The highest BCUT2D eigenvalue weighted by atomic mass is 35.5. The van der Waals surface area contributed by atoms with Gasteiger partial charge in [0.2, 0.25) is 5.91 Å². The summed E-state index contributed by atoms with van der Waals surface area (Å²) in [5.74, 6) is -0.144. The van der Waals surface area contributed by atoms with E-state index >= 15 is 0 Å². The van der Waals surface area contributed by atoms with E-state index < -0.39 is 5.25 Å². The number of carbonyl (C=O) groups is 1. The van der Waals surface area contributed by atoms with Crippen LogP contribution in [0.25, 0.3) is 10.9 Å². The third-order valence-electron chi connectivity index (χ3n) is 4.52. The Morgan fingerprint density at radius 1 is 1.30 bits per heavy atom. The Hall–Kier alpha value is -2.28. The van der Waals surface area contributed by atoms with Gasteiger partial charge in [0.25, 0.3) is 5.56 Å². The number of thioether (sulfide) groups is 1. The molecule has 0 radical (unpaired) electrons. The van der Waals surface area contributed by atoms with Crippen molar-refractivity contribution < 1.29 is 4.79 Å². The molecule has 0 bridgehead atoms. The topological polar surface area (TPSA) is 64.0 Å². The van der Waals surface area contributed by atoms with Crippen LogP contribution in [0, 0.1) is 0 Å². The van der Waals surface area contributed by atoms with Gasteiger partial charge in [0.1, 0.15) is 0 Å². The molecular weight excluding hydrogens is 441 g/mol. The number of hydrogen-bond acceptors (Lipinski definition) is 4. The summed E-state index contributed by atoms with van der Waals surface area (Å²) in [4.78, 5) is 30.1. The lowest BCUT2D eigenvalue weighted by atomic mass is 10.1. The lowest BCUT2D eigenvalue weighted by Crippen LogP contribution is -2.32. The van der Waals surface area contributed by atoms with Gasteiger partial charge in [-0.05, 0) is 43.2 Å². The van der Waals surface area contributed by atoms with Crippen LogP contribution in [0.1, 0.15) is 12.5 Å². The Labute approximate surface area is 189 Å². The van der Waals surface area contributed by atoms with E-state index in [0.29, 0.717) is 45.6 Å². The number of carbonyl (C=O) groups excluding carboxylic acids is 1. The highest BCUT2D eigenvalue weighted by Gasteiger charge is 2.19. The molecular formula is C22H21Cl2N3O2S. The Balaban J connectivity index is 1.95. The largest absolute Gasteiger partial charge is 0.352 e. The number of amides is 1. The van der Waals surface area contributed by atoms with Crippen LogP contribution in [0.5, 0.6) is 0 Å². The molecule has 8 heteroatoms. The zero-order valence-electron chi connectivity index (χ0n) is 16.4. The standard InChI is InChI=1S/C22H21Cl2N3O2S/c1-3-11-25-20(28)14(2)30-22-26-19-7-5-4-6-17(19)21(29)27(22)12-10-15-8-9-16(23)13-18(15)24/h3-9,13-14H,1,10-12H2,2H3,(H,25,28). The fraction of sp³-hybridized carbons (Fsp3) is 0.227. The molecule has 2 aromatic carbocycles. The molecule has 1 heterocycles. The Morgan fingerprint density at radius 2 is 2.07 bits per heavy atom. The van der Waals surface area contributed by atoms with Gasteiger partial charge in [-0.2, -0.15) is 0 Å². The second-order valence-corrected chi connectivity index (χ2v) is 8.80. The van der Waals surface area contributed by atoms with E-state index in [4.69, 9.17) is 23.2 Å². The van der Waals surface area contributed by atoms with E-state index in [1.165, 1.54) is 11.8 Å². The summed E-state index contributed by atoms with van der Waals surface area (Å²) < 4.78 is 1.61. The fourth-order valence-corrected chi connectivity index (χ4v) is 4.38. The van der Waals surface area contributed by atoms with E-state index in [0.717, 1.165) is 5.56 Å². The molecule has 1 unspecified atom stereocenters. The smallest absolute Gasteiger partial charge is 0.262 e. The number of nitrogens with one attached hydrogen (secondary N) is 1. The van der Waals surface area contributed by atoms with Crippen LogP contribution in [-0.2, 0) is 17.8 Å². The first-order valence-corrected chi connectivity index (χ1v) is 11.0. The summed E-state index contributed by atoms with van der Waals surface area (Å²) in [5.41, 5.74) is 1.34. The molecule has 0 aliphatic rings. The first-order chi connectivity index (χ1) is 14.4. The predicted octanol–water partition coefficient (Wildman–Crippen LogP) is 4.73. The number of hydrogen-bond donors (Lipinski definition) is 1. The summed E-state index contributed by atoms with van der Waals surface area (Å²) in [7, 11) is 0. The minimum atomic E-state index is -0.427. The lowest BCUT2D eigenvalue weighted by molar-refractivity contribution is -0.120. The number of nitrogens with zero attached hydrogens (tertiary/aromatic N) is 2. The summed E-state index contributed by atoms with van der Waals surface area (Å²) in [6.07, 6.45) is 2.15. The van der Waals surface area contributed by atoms with Gasteiger partial charge < -0.3 is 5.32 Å². The number of rotatable bonds is 8. The highest BCUT2D eigenvalue weighted by molar-refractivity contribution is 8.00. The molecule has 0 spiro atoms. The van der Waals surface area contributed by atoms with Crippen molar-refractivity contribution in [2.24, 2.45) is 0 Å². The molecule has 0 fully saturated rings. The number of aryl methyl sites for hydroxylation is 1. The predicted molar refractivity (Wildman–Crippen MR) is 125 cm³/mol. The third-order valence-corrected chi connectivity index (χ3v) is 6.20. The summed E-state index contributed by atoms with van der Waals surface area (Å²) in [6.45, 7) is 6.15. The van der Waals surface area contributed by atoms with Crippen LogP contribution in [-0.4, -0.2) is 27.3 Å². The molecule has 5 nitrogen and oxygen atoms in total. The van der Waals surface area contributed by atoms with Crippen molar-refractivity contribution in [3.8, 4) is 0 Å². The van der Waals surface area contributed by atoms with Gasteiger partial charge in [-0.1, -0.05) is 59.2 Å². The molecule has 3 rings (SSSR count). The van der Waals surface area contributed by atoms with Crippen molar-refractivity contribution >= 4 is 51.8 Å². The van der Waals surface area contributed by atoms with Crippen molar-refractivity contribution in [3.05, 3.63) is 81.1 Å². The molecule has 30 heavy (non-hydrogen) atoms. The number of fused-ring (bicyclic) bond motifs is 1. The van der Waals surface area contributed by atoms with Crippen LogP contribution in [0.3, 0.4) is 0 Å². The molecule has 1 amide bonds. The van der Waals surface area contributed by atoms with Gasteiger partial charge in [0.15, 0.2) is 5.16 Å². The molecule has 0 saturated carbocycles. The minimum absolute atomic E-state index is 0.144. The fourth-order valence-electron chi connectivity index (χ4n) is 2.92.